The van der Waals surface area contributed by atoms with E-state index in [1.807, 2.05) is 6.08 Å². The Morgan fingerprint density at radius 1 is 0.667 bits per heavy atom. The van der Waals surface area contributed by atoms with E-state index in [2.05, 4.69) is 55.5 Å². The largest absolute Gasteiger partial charge is 0.247 e. The van der Waals surface area contributed by atoms with Gasteiger partial charge in [-0.15, -0.1) is 0 Å². The third kappa shape index (κ3) is 9.48. The van der Waals surface area contributed by atoms with Crippen LogP contribution >= 0.6 is 0 Å². The monoisotopic (exact) mass is 448 g/mol. The highest BCUT2D eigenvalue weighted by Crippen LogP contribution is 2.34. The van der Waals surface area contributed by atoms with Gasteiger partial charge in [-0.1, -0.05) is 119 Å². The van der Waals surface area contributed by atoms with Crippen molar-refractivity contribution in [3.63, 3.8) is 0 Å². The lowest BCUT2D eigenvalue weighted by Gasteiger charge is -2.28. The molecule has 1 heteroatoms. The van der Waals surface area contributed by atoms with Crippen molar-refractivity contribution in [3.05, 3.63) is 71.8 Å². The minimum Gasteiger partial charge on any atom is -0.247 e. The predicted molar refractivity (Wildman–Crippen MR) is 142 cm³/mol. The highest BCUT2D eigenvalue weighted by Gasteiger charge is 2.20. The molecule has 0 amide bonds. The van der Waals surface area contributed by atoms with Crippen LogP contribution in [0.25, 0.3) is 11.1 Å². The summed E-state index contributed by atoms with van der Waals surface area (Å²) in [6.07, 6.45) is 21.9. The van der Waals surface area contributed by atoms with Gasteiger partial charge in [0.1, 0.15) is 6.67 Å². The Labute approximate surface area is 202 Å². The van der Waals surface area contributed by atoms with Crippen molar-refractivity contribution >= 4 is 0 Å². The fraction of sp³-hybridized carbons (Fsp3) is 0.562. The molecule has 0 aliphatic heterocycles. The number of halogens is 1. The summed E-state index contributed by atoms with van der Waals surface area (Å²) in [6.45, 7) is 1.95. The molecule has 180 valence electrons. The van der Waals surface area contributed by atoms with Gasteiger partial charge in [0, 0.05) is 0 Å². The molecule has 1 aliphatic carbocycles. The van der Waals surface area contributed by atoms with E-state index in [9.17, 15) is 4.39 Å². The van der Waals surface area contributed by atoms with Crippen LogP contribution in [0.5, 0.6) is 0 Å². The summed E-state index contributed by atoms with van der Waals surface area (Å²) in [5.41, 5.74) is 5.60. The second-order valence-electron chi connectivity index (χ2n) is 10.2. The molecular weight excluding hydrogens is 403 g/mol. The van der Waals surface area contributed by atoms with Gasteiger partial charge in [-0.2, -0.15) is 0 Å². The molecule has 0 spiro atoms. The number of allylic oxidation sites excluding steroid dienone is 2. The van der Waals surface area contributed by atoms with Gasteiger partial charge in [0.15, 0.2) is 0 Å². The predicted octanol–water partition coefficient (Wildman–Crippen LogP) is 9.91. The van der Waals surface area contributed by atoms with E-state index in [4.69, 9.17) is 0 Å². The van der Waals surface area contributed by atoms with Crippen LogP contribution in [0.3, 0.4) is 0 Å². The van der Waals surface area contributed by atoms with Gasteiger partial charge in [-0.3, -0.25) is 0 Å². The van der Waals surface area contributed by atoms with E-state index < -0.39 is 0 Å². The number of hydrogen-bond acceptors (Lipinski definition) is 0. The minimum absolute atomic E-state index is 0.320. The van der Waals surface area contributed by atoms with Crippen molar-refractivity contribution in [2.45, 2.75) is 96.8 Å². The van der Waals surface area contributed by atoms with E-state index in [1.54, 1.807) is 6.08 Å². The third-order valence-corrected chi connectivity index (χ3v) is 7.62. The van der Waals surface area contributed by atoms with Crippen LogP contribution in [0.1, 0.15) is 95.1 Å². The summed E-state index contributed by atoms with van der Waals surface area (Å²) >= 11 is 0. The maximum atomic E-state index is 12.1. The molecule has 33 heavy (non-hydrogen) atoms. The number of alkyl halides is 1. The Morgan fingerprint density at radius 3 is 1.79 bits per heavy atom. The molecule has 1 aliphatic rings. The Kier molecular flexibility index (Phi) is 11.8. The molecule has 0 atom stereocenters. The molecule has 0 nitrogen and oxygen atoms in total. The topological polar surface area (TPSA) is 0 Å². The first-order valence-corrected chi connectivity index (χ1v) is 13.7. The molecule has 0 heterocycles. The number of aryl methyl sites for hydroxylation is 2. The Balaban J connectivity index is 1.37. The van der Waals surface area contributed by atoms with Gasteiger partial charge in [-0.05, 0) is 72.6 Å². The molecule has 0 aromatic heterocycles. The Morgan fingerprint density at radius 2 is 1.21 bits per heavy atom. The lowest BCUT2D eigenvalue weighted by atomic mass is 9.78. The molecular formula is C32H45F. The van der Waals surface area contributed by atoms with Crippen LogP contribution in [0, 0.1) is 11.8 Å². The maximum Gasteiger partial charge on any atom is 0.108 e. The lowest BCUT2D eigenvalue weighted by Crippen LogP contribution is -2.15. The van der Waals surface area contributed by atoms with Gasteiger partial charge >= 0.3 is 0 Å². The van der Waals surface area contributed by atoms with Crippen LogP contribution in [0.15, 0.2) is 60.7 Å². The van der Waals surface area contributed by atoms with Crippen molar-refractivity contribution in [2.24, 2.45) is 11.8 Å². The molecule has 0 saturated heterocycles. The van der Waals surface area contributed by atoms with Crippen LogP contribution in [0.4, 0.5) is 4.39 Å². The summed E-state index contributed by atoms with van der Waals surface area (Å²) in [6, 6.07) is 18.5. The van der Waals surface area contributed by atoms with Crippen LogP contribution in [-0.4, -0.2) is 6.67 Å². The van der Waals surface area contributed by atoms with E-state index >= 15 is 0 Å². The van der Waals surface area contributed by atoms with Crippen molar-refractivity contribution < 1.29 is 4.39 Å². The average molecular weight is 449 g/mol. The van der Waals surface area contributed by atoms with Crippen molar-refractivity contribution in [1.82, 2.24) is 0 Å². The quantitative estimate of drug-likeness (QED) is 0.199. The molecule has 2 aromatic carbocycles. The Hall–Kier alpha value is -1.89. The van der Waals surface area contributed by atoms with E-state index in [-0.39, 0.29) is 6.67 Å². The third-order valence-electron chi connectivity index (χ3n) is 7.62. The maximum absolute atomic E-state index is 12.1. The summed E-state index contributed by atoms with van der Waals surface area (Å²) in [5.74, 6) is 1.74. The molecule has 1 fully saturated rings. The molecule has 2 aromatic rings. The van der Waals surface area contributed by atoms with Crippen LogP contribution in [-0.2, 0) is 12.8 Å². The molecule has 0 bridgehead atoms. The van der Waals surface area contributed by atoms with Gasteiger partial charge in [0.05, 0.1) is 0 Å². The minimum atomic E-state index is -0.320. The average Bonchev–Trinajstić information content (AvgIpc) is 2.87. The molecule has 0 unspecified atom stereocenters. The van der Waals surface area contributed by atoms with Gasteiger partial charge in [0.25, 0.3) is 0 Å². The number of rotatable bonds is 14. The Bertz CT molecular complexity index is 778. The molecule has 0 N–H and O–H groups in total. The fourth-order valence-corrected chi connectivity index (χ4v) is 5.35. The zero-order chi connectivity index (χ0) is 23.1. The first kappa shape index (κ1) is 25.7. The summed E-state index contributed by atoms with van der Waals surface area (Å²) in [4.78, 5) is 0. The van der Waals surface area contributed by atoms with Gasteiger partial charge in [-0.25, -0.2) is 4.39 Å². The fourth-order valence-electron chi connectivity index (χ4n) is 5.35. The van der Waals surface area contributed by atoms with Gasteiger partial charge < -0.3 is 0 Å². The van der Waals surface area contributed by atoms with Gasteiger partial charge in [0.2, 0.25) is 0 Å². The number of benzene rings is 2. The second kappa shape index (κ2) is 15.1. The highest BCUT2D eigenvalue weighted by atomic mass is 19.1. The van der Waals surface area contributed by atoms with E-state index in [0.717, 1.165) is 18.3 Å². The second-order valence-corrected chi connectivity index (χ2v) is 10.2. The first-order valence-electron chi connectivity index (χ1n) is 13.7. The van der Waals surface area contributed by atoms with Crippen molar-refractivity contribution in [3.8, 4) is 11.1 Å². The van der Waals surface area contributed by atoms with E-state index in [0.29, 0.717) is 0 Å². The number of hydrogen-bond donors (Lipinski definition) is 0. The zero-order valence-corrected chi connectivity index (χ0v) is 20.9. The molecule has 0 radical (unpaired) electrons. The SMILES string of the molecule is CCCCCCCc1ccc(-c2ccc(CC[C@H]3CC[C@H](CC/C=C/CF)CC3)cc2)cc1. The number of unbranched alkanes of at least 4 members (excludes halogenated alkanes) is 4. The summed E-state index contributed by atoms with van der Waals surface area (Å²) in [5, 5.41) is 0. The zero-order valence-electron chi connectivity index (χ0n) is 20.9. The summed E-state index contributed by atoms with van der Waals surface area (Å²) < 4.78 is 12.1. The highest BCUT2D eigenvalue weighted by molar-refractivity contribution is 5.64. The smallest absolute Gasteiger partial charge is 0.108 e. The van der Waals surface area contributed by atoms with Crippen molar-refractivity contribution in [2.75, 3.05) is 6.67 Å². The standard InChI is InChI=1S/C32H45F/c1-2-3-4-5-7-10-28-18-22-31(23-19-28)32-24-20-30(21-25-32)17-16-29-14-12-27(13-15-29)11-8-6-9-26-33/h6,9,18-25,27,29H,2-5,7-8,10-17,26H2,1H3/b9-6+/t27-,29-. The first-order chi connectivity index (χ1) is 16.3. The van der Waals surface area contributed by atoms with Crippen LogP contribution < -0.4 is 0 Å². The van der Waals surface area contributed by atoms with Crippen molar-refractivity contribution in [1.29, 1.82) is 0 Å². The molecule has 1 saturated carbocycles. The van der Waals surface area contributed by atoms with E-state index in [1.165, 1.54) is 106 Å². The molecule has 3 rings (SSSR count). The van der Waals surface area contributed by atoms with Crippen LogP contribution in [0.2, 0.25) is 0 Å². The normalized spacial score (nSPS) is 18.7. The lowest BCUT2D eigenvalue weighted by molar-refractivity contribution is 0.254. The summed E-state index contributed by atoms with van der Waals surface area (Å²) in [7, 11) is 0.